The number of imidazole rings is 1. The van der Waals surface area contributed by atoms with Crippen molar-refractivity contribution < 1.29 is 9.90 Å². The van der Waals surface area contributed by atoms with E-state index in [4.69, 9.17) is 0 Å². The largest absolute Gasteiger partial charge is 0.393 e. The van der Waals surface area contributed by atoms with Gasteiger partial charge in [0.25, 0.3) is 5.91 Å². The second-order valence-electron chi connectivity index (χ2n) is 8.25. The standard InChI is InChI=1S/C22H29N5O3/c1-14-12-15(2)26(25-14)11-3-10-23-21(29)16-4-9-20-19(13-16)24-22(30)27(20)17-5-7-18(28)8-6-17/h4,9,12-13,17-18,28H,3,5-8,10-11H2,1-2H3,(H,23,29)(H,24,30). The van der Waals surface area contributed by atoms with Crippen molar-refractivity contribution in [2.24, 2.45) is 0 Å². The maximum absolute atomic E-state index is 12.5. The number of amides is 1. The van der Waals surface area contributed by atoms with Gasteiger partial charge in [-0.15, -0.1) is 0 Å². The summed E-state index contributed by atoms with van der Waals surface area (Å²) >= 11 is 0. The van der Waals surface area contributed by atoms with Crippen LogP contribution in [0.2, 0.25) is 0 Å². The van der Waals surface area contributed by atoms with Gasteiger partial charge in [0.05, 0.1) is 22.8 Å². The summed E-state index contributed by atoms with van der Waals surface area (Å²) in [6.07, 6.45) is 3.51. The zero-order valence-electron chi connectivity index (χ0n) is 17.5. The van der Waals surface area contributed by atoms with Crippen LogP contribution in [0.5, 0.6) is 0 Å². The number of aromatic nitrogens is 4. The van der Waals surface area contributed by atoms with E-state index in [1.165, 1.54) is 0 Å². The predicted molar refractivity (Wildman–Crippen MR) is 115 cm³/mol. The van der Waals surface area contributed by atoms with Gasteiger partial charge in [-0.2, -0.15) is 5.10 Å². The van der Waals surface area contributed by atoms with Crippen molar-refractivity contribution in [1.82, 2.24) is 24.6 Å². The van der Waals surface area contributed by atoms with Crippen molar-refractivity contribution in [2.75, 3.05) is 6.54 Å². The van der Waals surface area contributed by atoms with Crippen molar-refractivity contribution in [2.45, 2.75) is 64.6 Å². The molecule has 1 aliphatic rings. The number of aliphatic hydroxyl groups is 1. The molecule has 0 aliphatic heterocycles. The van der Waals surface area contributed by atoms with Gasteiger partial charge in [-0.05, 0) is 70.2 Å². The molecule has 1 amide bonds. The molecule has 3 N–H and O–H groups in total. The van der Waals surface area contributed by atoms with E-state index in [9.17, 15) is 14.7 Å². The molecule has 30 heavy (non-hydrogen) atoms. The fourth-order valence-corrected chi connectivity index (χ4v) is 4.39. The summed E-state index contributed by atoms with van der Waals surface area (Å²) in [5.41, 5.74) is 3.96. The molecular weight excluding hydrogens is 382 g/mol. The minimum absolute atomic E-state index is 0.0868. The second-order valence-corrected chi connectivity index (χ2v) is 8.25. The lowest BCUT2D eigenvalue weighted by molar-refractivity contribution is 0.0952. The van der Waals surface area contributed by atoms with E-state index >= 15 is 0 Å². The first-order valence-electron chi connectivity index (χ1n) is 10.6. The summed E-state index contributed by atoms with van der Waals surface area (Å²) in [4.78, 5) is 27.9. The van der Waals surface area contributed by atoms with Crippen LogP contribution in [0.4, 0.5) is 0 Å². The summed E-state index contributed by atoms with van der Waals surface area (Å²) < 4.78 is 3.72. The molecule has 1 aromatic carbocycles. The number of carbonyl (C=O) groups excluding carboxylic acids is 1. The van der Waals surface area contributed by atoms with Gasteiger partial charge in [0.15, 0.2) is 0 Å². The van der Waals surface area contributed by atoms with Crippen LogP contribution in [0, 0.1) is 13.8 Å². The fraction of sp³-hybridized carbons (Fsp3) is 0.500. The fourth-order valence-electron chi connectivity index (χ4n) is 4.39. The smallest absolute Gasteiger partial charge is 0.326 e. The Morgan fingerprint density at radius 2 is 2.00 bits per heavy atom. The zero-order valence-corrected chi connectivity index (χ0v) is 17.5. The van der Waals surface area contributed by atoms with Crippen molar-refractivity contribution in [3.05, 3.63) is 51.7 Å². The van der Waals surface area contributed by atoms with Crippen LogP contribution in [0.1, 0.15) is 59.9 Å². The number of carbonyl (C=O) groups is 1. The van der Waals surface area contributed by atoms with E-state index in [1.807, 2.05) is 30.7 Å². The van der Waals surface area contributed by atoms with Crippen molar-refractivity contribution >= 4 is 16.9 Å². The molecule has 0 radical (unpaired) electrons. The van der Waals surface area contributed by atoms with E-state index in [0.29, 0.717) is 30.5 Å². The van der Waals surface area contributed by atoms with Crippen LogP contribution in [-0.4, -0.2) is 43.0 Å². The third kappa shape index (κ3) is 4.18. The number of hydrogen-bond acceptors (Lipinski definition) is 4. The predicted octanol–water partition coefficient (Wildman–Crippen LogP) is 2.44. The Hall–Kier alpha value is -2.87. The molecule has 1 fully saturated rings. The summed E-state index contributed by atoms with van der Waals surface area (Å²) in [5.74, 6) is -0.153. The Labute approximate surface area is 174 Å². The SMILES string of the molecule is Cc1cc(C)n(CCCNC(=O)c2ccc3c(c2)[nH]c(=O)n3C2CCC(O)CC2)n1. The van der Waals surface area contributed by atoms with Crippen molar-refractivity contribution in [1.29, 1.82) is 0 Å². The van der Waals surface area contributed by atoms with Crippen LogP contribution < -0.4 is 11.0 Å². The third-order valence-corrected chi connectivity index (χ3v) is 5.95. The first kappa shape index (κ1) is 20.4. The molecule has 3 aromatic rings. The zero-order chi connectivity index (χ0) is 21.3. The molecule has 160 valence electrons. The highest BCUT2D eigenvalue weighted by Gasteiger charge is 2.24. The average Bonchev–Trinajstić information content (AvgIpc) is 3.22. The highest BCUT2D eigenvalue weighted by molar-refractivity contribution is 5.97. The van der Waals surface area contributed by atoms with Crippen LogP contribution in [0.25, 0.3) is 11.0 Å². The number of aromatic amines is 1. The molecule has 0 atom stereocenters. The van der Waals surface area contributed by atoms with E-state index in [-0.39, 0.29) is 23.7 Å². The number of H-pyrrole nitrogens is 1. The topological polar surface area (TPSA) is 105 Å². The summed E-state index contributed by atoms with van der Waals surface area (Å²) in [7, 11) is 0. The summed E-state index contributed by atoms with van der Waals surface area (Å²) in [5, 5.41) is 17.1. The van der Waals surface area contributed by atoms with E-state index < -0.39 is 0 Å². The minimum atomic E-state index is -0.265. The van der Waals surface area contributed by atoms with Gasteiger partial charge in [0.1, 0.15) is 0 Å². The molecular formula is C22H29N5O3. The summed E-state index contributed by atoms with van der Waals surface area (Å²) in [6, 6.07) is 7.46. The third-order valence-electron chi connectivity index (χ3n) is 5.95. The molecule has 8 nitrogen and oxygen atoms in total. The van der Waals surface area contributed by atoms with Crippen LogP contribution in [0.15, 0.2) is 29.1 Å². The minimum Gasteiger partial charge on any atom is -0.393 e. The Balaban J connectivity index is 1.40. The van der Waals surface area contributed by atoms with E-state index in [0.717, 1.165) is 42.7 Å². The molecule has 4 rings (SSSR count). The molecule has 0 unspecified atom stereocenters. The van der Waals surface area contributed by atoms with Gasteiger partial charge in [-0.25, -0.2) is 4.79 Å². The maximum atomic E-state index is 12.5. The number of fused-ring (bicyclic) bond motifs is 1. The van der Waals surface area contributed by atoms with Gasteiger partial charge in [-0.3, -0.25) is 14.0 Å². The highest BCUT2D eigenvalue weighted by atomic mass is 16.3. The molecule has 1 saturated carbocycles. The monoisotopic (exact) mass is 411 g/mol. The number of benzene rings is 1. The van der Waals surface area contributed by atoms with Crippen molar-refractivity contribution in [3.8, 4) is 0 Å². The lowest BCUT2D eigenvalue weighted by Crippen LogP contribution is -2.27. The molecule has 0 spiro atoms. The normalized spacial score (nSPS) is 19.3. The van der Waals surface area contributed by atoms with Gasteiger partial charge < -0.3 is 15.4 Å². The number of nitrogens with one attached hydrogen (secondary N) is 2. The molecule has 8 heteroatoms. The van der Waals surface area contributed by atoms with Gasteiger partial charge >= 0.3 is 5.69 Å². The lowest BCUT2D eigenvalue weighted by atomic mass is 9.93. The van der Waals surface area contributed by atoms with Gasteiger partial charge in [0, 0.05) is 30.4 Å². The number of hydrogen-bond donors (Lipinski definition) is 3. The number of rotatable bonds is 6. The quantitative estimate of drug-likeness (QED) is 0.542. The molecule has 0 saturated heterocycles. The van der Waals surface area contributed by atoms with Crippen LogP contribution in [-0.2, 0) is 6.54 Å². The Morgan fingerprint density at radius 1 is 1.23 bits per heavy atom. The summed E-state index contributed by atoms with van der Waals surface area (Å²) in [6.45, 7) is 5.30. The van der Waals surface area contributed by atoms with Gasteiger partial charge in [0.2, 0.25) is 0 Å². The number of aryl methyl sites for hydroxylation is 3. The molecule has 0 bridgehead atoms. The number of aliphatic hydroxyl groups excluding tert-OH is 1. The number of nitrogens with zero attached hydrogens (tertiary/aromatic N) is 3. The Morgan fingerprint density at radius 3 is 2.70 bits per heavy atom. The molecule has 1 aliphatic carbocycles. The molecule has 2 heterocycles. The van der Waals surface area contributed by atoms with Gasteiger partial charge in [-0.1, -0.05) is 0 Å². The Bertz CT molecular complexity index is 1100. The average molecular weight is 412 g/mol. The maximum Gasteiger partial charge on any atom is 0.326 e. The molecule has 2 aromatic heterocycles. The lowest BCUT2D eigenvalue weighted by Gasteiger charge is -2.26. The first-order chi connectivity index (χ1) is 14.4. The van der Waals surface area contributed by atoms with Crippen LogP contribution in [0.3, 0.4) is 0 Å². The second kappa shape index (κ2) is 8.47. The Kier molecular flexibility index (Phi) is 5.76. The van der Waals surface area contributed by atoms with Crippen molar-refractivity contribution in [3.63, 3.8) is 0 Å². The van der Waals surface area contributed by atoms with E-state index in [2.05, 4.69) is 15.4 Å². The highest BCUT2D eigenvalue weighted by Crippen LogP contribution is 2.29. The van der Waals surface area contributed by atoms with Crippen LogP contribution >= 0.6 is 0 Å². The van der Waals surface area contributed by atoms with E-state index in [1.54, 1.807) is 16.7 Å². The first-order valence-corrected chi connectivity index (χ1v) is 10.6.